The molecular formula is C10H20N4O. The largest absolute Gasteiger partial charge is 0.321 e. The van der Waals surface area contributed by atoms with E-state index in [1.165, 1.54) is 0 Å². The molecule has 2 heterocycles. The van der Waals surface area contributed by atoms with Crippen LogP contribution in [0.2, 0.25) is 0 Å². The van der Waals surface area contributed by atoms with Crippen molar-refractivity contribution in [3.05, 3.63) is 0 Å². The number of urea groups is 1. The van der Waals surface area contributed by atoms with Crippen molar-refractivity contribution in [2.45, 2.75) is 6.04 Å². The summed E-state index contributed by atoms with van der Waals surface area (Å²) in [5.41, 5.74) is 0. The first kappa shape index (κ1) is 10.7. The van der Waals surface area contributed by atoms with E-state index in [4.69, 9.17) is 0 Å². The average molecular weight is 212 g/mol. The molecule has 2 fully saturated rings. The van der Waals surface area contributed by atoms with Crippen LogP contribution in [-0.4, -0.2) is 80.1 Å². The van der Waals surface area contributed by atoms with Gasteiger partial charge in [0.15, 0.2) is 0 Å². The van der Waals surface area contributed by atoms with Gasteiger partial charge in [0.2, 0.25) is 0 Å². The summed E-state index contributed by atoms with van der Waals surface area (Å²) in [6.07, 6.45) is 0. The van der Waals surface area contributed by atoms with Crippen LogP contribution in [0.25, 0.3) is 0 Å². The number of carbonyl (C=O) groups is 1. The van der Waals surface area contributed by atoms with Gasteiger partial charge in [-0.25, -0.2) is 4.79 Å². The first-order valence-electron chi connectivity index (χ1n) is 5.59. The predicted molar refractivity (Wildman–Crippen MR) is 58.9 cm³/mol. The van der Waals surface area contributed by atoms with Gasteiger partial charge < -0.3 is 20.0 Å². The molecule has 0 aromatic carbocycles. The number of likely N-dealkylation sites (N-methyl/N-ethyl adjacent to an activating group) is 1. The van der Waals surface area contributed by atoms with E-state index in [9.17, 15) is 4.79 Å². The van der Waals surface area contributed by atoms with Crippen LogP contribution in [0.15, 0.2) is 0 Å². The molecule has 5 heteroatoms. The number of amides is 2. The number of hydrogen-bond acceptors (Lipinski definition) is 3. The van der Waals surface area contributed by atoms with E-state index in [1.54, 1.807) is 0 Å². The zero-order valence-electron chi connectivity index (χ0n) is 9.57. The van der Waals surface area contributed by atoms with Crippen LogP contribution in [0, 0.1) is 0 Å². The predicted octanol–water partition coefficient (Wildman–Crippen LogP) is -0.743. The lowest BCUT2D eigenvalue weighted by atomic mass is 10.2. The number of rotatable bonds is 3. The fourth-order valence-electron chi connectivity index (χ4n) is 2.20. The van der Waals surface area contributed by atoms with E-state index >= 15 is 0 Å². The Bertz CT molecular complexity index is 244. The second-order valence-electron chi connectivity index (χ2n) is 4.58. The second kappa shape index (κ2) is 4.37. The van der Waals surface area contributed by atoms with Crippen molar-refractivity contribution < 1.29 is 4.79 Å². The van der Waals surface area contributed by atoms with E-state index in [2.05, 4.69) is 10.2 Å². The number of carbonyl (C=O) groups excluding carboxylic acids is 1. The van der Waals surface area contributed by atoms with Gasteiger partial charge in [0, 0.05) is 39.3 Å². The number of piperazine rings is 1. The van der Waals surface area contributed by atoms with E-state index in [0.29, 0.717) is 6.04 Å². The number of nitrogens with zero attached hydrogens (tertiary/aromatic N) is 3. The van der Waals surface area contributed by atoms with E-state index in [1.807, 2.05) is 23.9 Å². The summed E-state index contributed by atoms with van der Waals surface area (Å²) in [5, 5.41) is 3.33. The molecule has 0 spiro atoms. The topological polar surface area (TPSA) is 38.8 Å². The highest BCUT2D eigenvalue weighted by Crippen LogP contribution is 2.16. The van der Waals surface area contributed by atoms with Crippen LogP contribution in [0.1, 0.15) is 0 Å². The van der Waals surface area contributed by atoms with Crippen molar-refractivity contribution in [3.8, 4) is 0 Å². The highest BCUT2D eigenvalue weighted by molar-refractivity contribution is 5.77. The Morgan fingerprint density at radius 2 is 2.33 bits per heavy atom. The zero-order chi connectivity index (χ0) is 10.8. The molecule has 5 nitrogen and oxygen atoms in total. The van der Waals surface area contributed by atoms with Crippen LogP contribution in [0.3, 0.4) is 0 Å². The van der Waals surface area contributed by atoms with Crippen LogP contribution in [-0.2, 0) is 0 Å². The van der Waals surface area contributed by atoms with Gasteiger partial charge in [-0.2, -0.15) is 0 Å². The smallest absolute Gasteiger partial charge is 0.320 e. The Kier molecular flexibility index (Phi) is 3.11. The van der Waals surface area contributed by atoms with Gasteiger partial charge in [-0.3, -0.25) is 0 Å². The molecule has 2 saturated heterocycles. The summed E-state index contributed by atoms with van der Waals surface area (Å²) in [6.45, 7) is 5.42. The normalized spacial score (nSPS) is 26.3. The Labute approximate surface area is 91.0 Å². The van der Waals surface area contributed by atoms with E-state index in [-0.39, 0.29) is 6.03 Å². The molecule has 2 rings (SSSR count). The Balaban J connectivity index is 1.89. The summed E-state index contributed by atoms with van der Waals surface area (Å²) < 4.78 is 0. The van der Waals surface area contributed by atoms with Crippen molar-refractivity contribution in [1.82, 2.24) is 20.0 Å². The third-order valence-corrected chi connectivity index (χ3v) is 3.11. The van der Waals surface area contributed by atoms with Crippen LogP contribution in [0.5, 0.6) is 0 Å². The first-order chi connectivity index (χ1) is 7.18. The number of nitrogens with one attached hydrogen (secondary N) is 1. The molecule has 1 atom stereocenters. The summed E-state index contributed by atoms with van der Waals surface area (Å²) in [6, 6.07) is 0.622. The van der Waals surface area contributed by atoms with Crippen molar-refractivity contribution in [2.75, 3.05) is 53.4 Å². The summed E-state index contributed by atoms with van der Waals surface area (Å²) in [4.78, 5) is 18.0. The first-order valence-corrected chi connectivity index (χ1v) is 5.59. The molecular weight excluding hydrogens is 192 g/mol. The zero-order valence-corrected chi connectivity index (χ0v) is 9.57. The molecule has 0 aliphatic carbocycles. The maximum atomic E-state index is 12.0. The Morgan fingerprint density at radius 3 is 3.00 bits per heavy atom. The third-order valence-electron chi connectivity index (χ3n) is 3.11. The molecule has 2 amide bonds. The maximum Gasteiger partial charge on any atom is 0.320 e. The minimum Gasteiger partial charge on any atom is -0.321 e. The van der Waals surface area contributed by atoms with E-state index < -0.39 is 0 Å². The van der Waals surface area contributed by atoms with Crippen molar-refractivity contribution in [1.29, 1.82) is 0 Å². The Morgan fingerprint density at radius 1 is 1.53 bits per heavy atom. The third kappa shape index (κ3) is 2.23. The highest BCUT2D eigenvalue weighted by Gasteiger charge is 2.37. The lowest BCUT2D eigenvalue weighted by Gasteiger charge is -2.28. The molecule has 0 aromatic rings. The van der Waals surface area contributed by atoms with Gasteiger partial charge in [-0.05, 0) is 14.1 Å². The van der Waals surface area contributed by atoms with Gasteiger partial charge in [0.25, 0.3) is 0 Å². The van der Waals surface area contributed by atoms with Crippen molar-refractivity contribution in [2.24, 2.45) is 0 Å². The van der Waals surface area contributed by atoms with Crippen LogP contribution < -0.4 is 5.32 Å². The van der Waals surface area contributed by atoms with Crippen LogP contribution >= 0.6 is 0 Å². The molecule has 1 unspecified atom stereocenters. The van der Waals surface area contributed by atoms with Gasteiger partial charge >= 0.3 is 6.03 Å². The molecule has 0 radical (unpaired) electrons. The molecule has 0 bridgehead atoms. The lowest BCUT2D eigenvalue weighted by Crippen LogP contribution is -2.49. The highest BCUT2D eigenvalue weighted by atomic mass is 16.2. The minimum absolute atomic E-state index is 0.225. The van der Waals surface area contributed by atoms with E-state index in [0.717, 1.165) is 39.3 Å². The number of hydrogen-bond donors (Lipinski definition) is 1. The van der Waals surface area contributed by atoms with Gasteiger partial charge in [-0.1, -0.05) is 0 Å². The molecule has 0 saturated carbocycles. The standard InChI is InChI=1S/C10H20N4O/c1-12(2)5-6-13-8-9-7-11-3-4-14(9)10(13)15/h9,11H,3-8H2,1-2H3. The molecule has 86 valence electrons. The SMILES string of the molecule is CN(C)CCN1CC2CNCCN2C1=O. The average Bonchev–Trinajstić information content (AvgIpc) is 2.54. The van der Waals surface area contributed by atoms with Gasteiger partial charge in [0.05, 0.1) is 6.04 Å². The maximum absolute atomic E-state index is 12.0. The fraction of sp³-hybridized carbons (Fsp3) is 0.900. The molecule has 0 aromatic heterocycles. The fourth-order valence-corrected chi connectivity index (χ4v) is 2.20. The molecule has 2 aliphatic heterocycles. The van der Waals surface area contributed by atoms with Gasteiger partial charge in [0.1, 0.15) is 0 Å². The molecule has 1 N–H and O–H groups in total. The Hall–Kier alpha value is -0.810. The van der Waals surface area contributed by atoms with Crippen molar-refractivity contribution in [3.63, 3.8) is 0 Å². The van der Waals surface area contributed by atoms with Crippen LogP contribution in [0.4, 0.5) is 4.79 Å². The molecule has 15 heavy (non-hydrogen) atoms. The molecule has 2 aliphatic rings. The minimum atomic E-state index is 0.225. The number of fused-ring (bicyclic) bond motifs is 1. The summed E-state index contributed by atoms with van der Waals surface area (Å²) in [7, 11) is 4.07. The summed E-state index contributed by atoms with van der Waals surface area (Å²) >= 11 is 0. The van der Waals surface area contributed by atoms with Crippen molar-refractivity contribution >= 4 is 6.03 Å². The quantitative estimate of drug-likeness (QED) is 0.669. The van der Waals surface area contributed by atoms with Gasteiger partial charge in [-0.15, -0.1) is 0 Å². The summed E-state index contributed by atoms with van der Waals surface area (Å²) in [5.74, 6) is 0. The monoisotopic (exact) mass is 212 g/mol. The lowest BCUT2D eigenvalue weighted by molar-refractivity contribution is 0.177. The second-order valence-corrected chi connectivity index (χ2v) is 4.58.